The predicted octanol–water partition coefficient (Wildman–Crippen LogP) is 4.47. The molecule has 0 aromatic heterocycles. The number of hydrogen-bond donors (Lipinski definition) is 1. The van der Waals surface area contributed by atoms with E-state index in [0.717, 1.165) is 0 Å². The van der Waals surface area contributed by atoms with Crippen LogP contribution in [0.2, 0.25) is 5.02 Å². The summed E-state index contributed by atoms with van der Waals surface area (Å²) in [6.45, 7) is 0. The Balaban J connectivity index is 2.19. The van der Waals surface area contributed by atoms with Crippen molar-refractivity contribution in [3.8, 4) is 0 Å². The lowest BCUT2D eigenvalue weighted by atomic mass is 10.2. The van der Waals surface area contributed by atoms with Gasteiger partial charge in [0, 0.05) is 15.7 Å². The first-order chi connectivity index (χ1) is 9.08. The van der Waals surface area contributed by atoms with Gasteiger partial charge in [0.05, 0.1) is 5.56 Å². The Morgan fingerprint density at radius 2 is 2.00 bits per heavy atom. The molecule has 0 amide bonds. The van der Waals surface area contributed by atoms with Gasteiger partial charge in [-0.1, -0.05) is 23.7 Å². The number of carbonyl (C=O) groups is 1. The molecule has 0 aliphatic heterocycles. The van der Waals surface area contributed by atoms with Gasteiger partial charge in [0.25, 0.3) is 0 Å². The first-order valence-electron chi connectivity index (χ1n) is 5.47. The summed E-state index contributed by atoms with van der Waals surface area (Å²) in [4.78, 5) is 11.7. The highest BCUT2D eigenvalue weighted by Crippen LogP contribution is 2.29. The molecule has 0 aliphatic rings. The van der Waals surface area contributed by atoms with E-state index in [9.17, 15) is 9.18 Å². The molecule has 0 spiro atoms. The maximum absolute atomic E-state index is 13.1. The summed E-state index contributed by atoms with van der Waals surface area (Å²) in [6.07, 6.45) is 0. The van der Waals surface area contributed by atoms with Gasteiger partial charge >= 0.3 is 5.97 Å². The Hall–Kier alpha value is -1.52. The van der Waals surface area contributed by atoms with Gasteiger partial charge in [-0.25, -0.2) is 9.18 Å². The van der Waals surface area contributed by atoms with E-state index in [1.54, 1.807) is 18.2 Å². The molecule has 98 valence electrons. The molecule has 2 rings (SSSR count). The summed E-state index contributed by atoms with van der Waals surface area (Å²) in [5.74, 6) is -0.916. The number of benzene rings is 2. The van der Waals surface area contributed by atoms with E-state index in [2.05, 4.69) is 0 Å². The Morgan fingerprint density at radius 3 is 2.74 bits per heavy atom. The third-order valence-electron chi connectivity index (χ3n) is 2.51. The molecule has 0 aliphatic carbocycles. The fourth-order valence-electron chi connectivity index (χ4n) is 1.58. The molecule has 0 unspecified atom stereocenters. The third kappa shape index (κ3) is 3.49. The monoisotopic (exact) mass is 296 g/mol. The van der Waals surface area contributed by atoms with E-state index in [-0.39, 0.29) is 11.4 Å². The van der Waals surface area contributed by atoms with Gasteiger partial charge in [-0.05, 0) is 35.9 Å². The van der Waals surface area contributed by atoms with Crippen molar-refractivity contribution in [2.24, 2.45) is 0 Å². The minimum absolute atomic E-state index is 0.236. The largest absolute Gasteiger partial charge is 0.478 e. The van der Waals surface area contributed by atoms with Gasteiger partial charge in [0.15, 0.2) is 0 Å². The summed E-state index contributed by atoms with van der Waals surface area (Å²) in [6, 6.07) is 10.8. The SMILES string of the molecule is O=C(O)c1ccccc1SCc1cc(F)ccc1Cl. The molecule has 1 N–H and O–H groups in total. The maximum atomic E-state index is 13.1. The topological polar surface area (TPSA) is 37.3 Å². The van der Waals surface area contributed by atoms with Crippen LogP contribution in [-0.4, -0.2) is 11.1 Å². The van der Waals surface area contributed by atoms with Crippen LogP contribution in [0.1, 0.15) is 15.9 Å². The molecule has 5 heteroatoms. The molecule has 0 radical (unpaired) electrons. The standard InChI is InChI=1S/C14H10ClFO2S/c15-12-6-5-10(16)7-9(12)8-19-13-4-2-1-3-11(13)14(17)18/h1-7H,8H2,(H,17,18). The van der Waals surface area contributed by atoms with Gasteiger partial charge in [-0.15, -0.1) is 11.8 Å². The van der Waals surface area contributed by atoms with Crippen LogP contribution in [0.25, 0.3) is 0 Å². The van der Waals surface area contributed by atoms with E-state index < -0.39 is 5.97 Å². The zero-order valence-corrected chi connectivity index (χ0v) is 11.3. The van der Waals surface area contributed by atoms with Crippen LogP contribution >= 0.6 is 23.4 Å². The van der Waals surface area contributed by atoms with Gasteiger partial charge in [0.1, 0.15) is 5.82 Å². The fourth-order valence-corrected chi connectivity index (χ4v) is 2.88. The zero-order valence-electron chi connectivity index (χ0n) is 9.77. The lowest BCUT2D eigenvalue weighted by Crippen LogP contribution is -1.98. The number of thioether (sulfide) groups is 1. The predicted molar refractivity (Wildman–Crippen MR) is 74.4 cm³/mol. The van der Waals surface area contributed by atoms with Crippen molar-refractivity contribution in [3.05, 3.63) is 64.4 Å². The Bertz CT molecular complexity index is 616. The second-order valence-electron chi connectivity index (χ2n) is 3.83. The van der Waals surface area contributed by atoms with Gasteiger partial charge in [-0.3, -0.25) is 0 Å². The second-order valence-corrected chi connectivity index (χ2v) is 5.25. The minimum Gasteiger partial charge on any atom is -0.478 e. The summed E-state index contributed by atoms with van der Waals surface area (Å²) >= 11 is 7.29. The van der Waals surface area contributed by atoms with Crippen molar-refractivity contribution >= 4 is 29.3 Å². The number of halogens is 2. The average molecular weight is 297 g/mol. The quantitative estimate of drug-likeness (QED) is 0.846. The van der Waals surface area contributed by atoms with E-state index in [1.165, 1.54) is 36.0 Å². The molecule has 0 fully saturated rings. The highest BCUT2D eigenvalue weighted by atomic mass is 35.5. The van der Waals surface area contributed by atoms with Crippen LogP contribution in [-0.2, 0) is 5.75 Å². The van der Waals surface area contributed by atoms with E-state index in [4.69, 9.17) is 16.7 Å². The number of rotatable bonds is 4. The molecule has 2 aromatic rings. The van der Waals surface area contributed by atoms with Crippen molar-refractivity contribution < 1.29 is 14.3 Å². The second kappa shape index (κ2) is 6.08. The van der Waals surface area contributed by atoms with Crippen LogP contribution < -0.4 is 0 Å². The Morgan fingerprint density at radius 1 is 1.26 bits per heavy atom. The molecule has 0 saturated heterocycles. The molecule has 2 nitrogen and oxygen atoms in total. The molecule has 2 aromatic carbocycles. The smallest absolute Gasteiger partial charge is 0.336 e. The number of carboxylic acids is 1. The van der Waals surface area contributed by atoms with E-state index >= 15 is 0 Å². The summed E-state index contributed by atoms with van der Waals surface area (Å²) in [7, 11) is 0. The van der Waals surface area contributed by atoms with E-state index in [1.807, 2.05) is 0 Å². The fraction of sp³-hybridized carbons (Fsp3) is 0.0714. The first-order valence-corrected chi connectivity index (χ1v) is 6.83. The number of hydrogen-bond acceptors (Lipinski definition) is 2. The minimum atomic E-state index is -0.978. The number of aromatic carboxylic acids is 1. The van der Waals surface area contributed by atoms with E-state index in [0.29, 0.717) is 21.2 Å². The molecule has 0 heterocycles. The third-order valence-corrected chi connectivity index (χ3v) is 4.00. The van der Waals surface area contributed by atoms with Crippen LogP contribution in [0, 0.1) is 5.82 Å². The Kier molecular flexibility index (Phi) is 4.45. The first kappa shape index (κ1) is 13.9. The Labute approximate surface area is 119 Å². The van der Waals surface area contributed by atoms with Gasteiger partial charge in [-0.2, -0.15) is 0 Å². The van der Waals surface area contributed by atoms with Crippen molar-refractivity contribution in [3.63, 3.8) is 0 Å². The average Bonchev–Trinajstić information content (AvgIpc) is 2.40. The highest BCUT2D eigenvalue weighted by molar-refractivity contribution is 7.98. The maximum Gasteiger partial charge on any atom is 0.336 e. The van der Waals surface area contributed by atoms with Crippen LogP contribution in [0.15, 0.2) is 47.4 Å². The lowest BCUT2D eigenvalue weighted by Gasteiger charge is -2.07. The molecular weight excluding hydrogens is 287 g/mol. The van der Waals surface area contributed by atoms with Gasteiger partial charge < -0.3 is 5.11 Å². The highest BCUT2D eigenvalue weighted by Gasteiger charge is 2.10. The van der Waals surface area contributed by atoms with Crippen molar-refractivity contribution in [2.45, 2.75) is 10.6 Å². The molecule has 0 bridgehead atoms. The number of carboxylic acid groups (broad SMARTS) is 1. The molecule has 0 atom stereocenters. The van der Waals surface area contributed by atoms with Crippen molar-refractivity contribution in [2.75, 3.05) is 0 Å². The molecule has 19 heavy (non-hydrogen) atoms. The van der Waals surface area contributed by atoms with Gasteiger partial charge in [0.2, 0.25) is 0 Å². The summed E-state index contributed by atoms with van der Waals surface area (Å²) in [5.41, 5.74) is 0.881. The summed E-state index contributed by atoms with van der Waals surface area (Å²) < 4.78 is 13.1. The molecular formula is C14H10ClFO2S. The zero-order chi connectivity index (χ0) is 13.8. The van der Waals surface area contributed by atoms with Crippen LogP contribution in [0.3, 0.4) is 0 Å². The van der Waals surface area contributed by atoms with Crippen LogP contribution in [0.4, 0.5) is 4.39 Å². The van der Waals surface area contributed by atoms with Crippen LogP contribution in [0.5, 0.6) is 0 Å². The van der Waals surface area contributed by atoms with Crippen molar-refractivity contribution in [1.82, 2.24) is 0 Å². The normalized spacial score (nSPS) is 10.4. The lowest BCUT2D eigenvalue weighted by molar-refractivity contribution is 0.0693. The molecule has 0 saturated carbocycles. The summed E-state index contributed by atoms with van der Waals surface area (Å²) in [5, 5.41) is 9.54. The van der Waals surface area contributed by atoms with Crippen molar-refractivity contribution in [1.29, 1.82) is 0 Å².